The minimum Gasteiger partial charge on any atom is -0.0616 e. The first-order chi connectivity index (χ1) is 12.4. The number of rotatable bonds is 4. The van der Waals surface area contributed by atoms with Gasteiger partial charge in [-0.05, 0) is 66.5 Å². The Morgan fingerprint density at radius 1 is 0.800 bits per heavy atom. The average molecular weight is 352 g/mol. The number of fused-ring (bicyclic) bond motifs is 1. The summed E-state index contributed by atoms with van der Waals surface area (Å²) in [6.07, 6.45) is 13.3. The molecule has 2 aromatic carbocycles. The highest BCUT2D eigenvalue weighted by Gasteiger charge is 2.41. The van der Waals surface area contributed by atoms with Crippen molar-refractivity contribution in [2.45, 2.75) is 68.6 Å². The van der Waals surface area contributed by atoms with Crippen LogP contribution in [-0.4, -0.2) is 11.5 Å². The molecule has 1 heteroatoms. The summed E-state index contributed by atoms with van der Waals surface area (Å²) >= 11 is 0. The molecule has 2 aliphatic carbocycles. The zero-order valence-electron chi connectivity index (χ0n) is 15.4. The quantitative estimate of drug-likeness (QED) is 0.539. The largest absolute Gasteiger partial charge is 0.162 e. The summed E-state index contributed by atoms with van der Waals surface area (Å²) in [4.78, 5) is 1.67. The Balaban J connectivity index is 1.40. The molecule has 0 bridgehead atoms. The molecule has 2 atom stereocenters. The molecule has 0 amide bonds. The summed E-state index contributed by atoms with van der Waals surface area (Å²) in [6, 6.07) is 14.4. The molecular weight excluding hydrogens is 320 g/mol. The minimum atomic E-state index is 0.519. The van der Waals surface area contributed by atoms with Crippen LogP contribution in [0.5, 0.6) is 0 Å². The maximum Gasteiger partial charge on any atom is 0.162 e. The monoisotopic (exact) mass is 351 g/mol. The average Bonchev–Trinajstić information content (AvgIpc) is 3.19. The van der Waals surface area contributed by atoms with Gasteiger partial charge in [0, 0.05) is 16.3 Å². The Morgan fingerprint density at radius 3 is 2.36 bits per heavy atom. The van der Waals surface area contributed by atoms with Crippen LogP contribution < -0.4 is 0 Å². The third-order valence-corrected chi connectivity index (χ3v) is 9.48. The first kappa shape index (κ1) is 16.2. The second-order valence-electron chi connectivity index (χ2n) is 8.65. The number of hydrogen-bond acceptors (Lipinski definition) is 0. The molecule has 2 unspecified atom stereocenters. The van der Waals surface area contributed by atoms with Gasteiger partial charge in [-0.15, -0.1) is 0 Å². The molecule has 1 heterocycles. The summed E-state index contributed by atoms with van der Waals surface area (Å²) in [5.74, 6) is 5.72. The normalized spacial score (nSPS) is 27.8. The summed E-state index contributed by atoms with van der Waals surface area (Å²) in [5.41, 5.74) is 1.67. The van der Waals surface area contributed by atoms with Gasteiger partial charge in [0.1, 0.15) is 11.5 Å². The third kappa shape index (κ3) is 3.25. The summed E-state index contributed by atoms with van der Waals surface area (Å²) in [6.45, 7) is 0. The van der Waals surface area contributed by atoms with Crippen LogP contribution in [0.2, 0.25) is 0 Å². The molecule has 2 saturated carbocycles. The molecule has 3 aliphatic rings. The van der Waals surface area contributed by atoms with E-state index in [0.717, 1.165) is 17.8 Å². The molecule has 3 fully saturated rings. The topological polar surface area (TPSA) is 0 Å². The Kier molecular flexibility index (Phi) is 4.54. The van der Waals surface area contributed by atoms with Gasteiger partial charge in [-0.25, -0.2) is 0 Å². The zero-order valence-corrected chi connectivity index (χ0v) is 16.2. The molecule has 0 aromatic heterocycles. The zero-order chi connectivity index (χ0) is 16.6. The van der Waals surface area contributed by atoms with Crippen molar-refractivity contribution in [2.75, 3.05) is 11.5 Å². The fourth-order valence-corrected chi connectivity index (χ4v) is 7.98. The van der Waals surface area contributed by atoms with Crippen LogP contribution in [0.15, 0.2) is 41.3 Å². The van der Waals surface area contributed by atoms with Crippen molar-refractivity contribution in [1.82, 2.24) is 0 Å². The van der Waals surface area contributed by atoms with E-state index in [1.165, 1.54) is 69.3 Å². The first-order valence-electron chi connectivity index (χ1n) is 10.6. The lowest BCUT2D eigenvalue weighted by Gasteiger charge is -2.21. The summed E-state index contributed by atoms with van der Waals surface area (Å²) in [7, 11) is 0.519. The first-order valence-corrected chi connectivity index (χ1v) is 12.2. The Labute approximate surface area is 155 Å². The van der Waals surface area contributed by atoms with E-state index in [0.29, 0.717) is 10.9 Å². The van der Waals surface area contributed by atoms with Crippen LogP contribution in [0.1, 0.15) is 69.3 Å². The SMILES string of the molecule is c1ccc2c([S+]3CCCC3)ccc(C3CC3CC3CCCCC3)c2c1. The van der Waals surface area contributed by atoms with Gasteiger partial charge in [0.05, 0.1) is 0 Å². The van der Waals surface area contributed by atoms with Crippen molar-refractivity contribution in [3.63, 3.8) is 0 Å². The van der Waals surface area contributed by atoms with E-state index in [1.54, 1.807) is 21.2 Å². The van der Waals surface area contributed by atoms with Crippen LogP contribution in [0, 0.1) is 11.8 Å². The van der Waals surface area contributed by atoms with Crippen LogP contribution in [0.3, 0.4) is 0 Å². The van der Waals surface area contributed by atoms with Gasteiger partial charge in [0.15, 0.2) is 4.90 Å². The molecule has 2 aromatic rings. The van der Waals surface area contributed by atoms with Gasteiger partial charge in [-0.3, -0.25) is 0 Å². The fraction of sp³-hybridized carbons (Fsp3) is 0.583. The third-order valence-electron chi connectivity index (χ3n) is 6.94. The van der Waals surface area contributed by atoms with Crippen LogP contribution >= 0.6 is 0 Å². The smallest absolute Gasteiger partial charge is 0.0616 e. The fourth-order valence-electron chi connectivity index (χ4n) is 5.48. The predicted molar refractivity (Wildman–Crippen MR) is 111 cm³/mol. The Hall–Kier alpha value is -0.950. The van der Waals surface area contributed by atoms with Gasteiger partial charge in [-0.2, -0.15) is 0 Å². The lowest BCUT2D eigenvalue weighted by atomic mass is 9.85. The van der Waals surface area contributed by atoms with Gasteiger partial charge in [0.25, 0.3) is 0 Å². The van der Waals surface area contributed by atoms with Crippen molar-refractivity contribution in [2.24, 2.45) is 11.8 Å². The van der Waals surface area contributed by atoms with Crippen molar-refractivity contribution in [3.8, 4) is 0 Å². The molecule has 0 radical (unpaired) electrons. The molecule has 0 N–H and O–H groups in total. The van der Waals surface area contributed by atoms with Crippen molar-refractivity contribution in [1.29, 1.82) is 0 Å². The predicted octanol–water partition coefficient (Wildman–Crippen LogP) is 6.68. The highest BCUT2D eigenvalue weighted by Crippen LogP contribution is 2.54. The number of benzene rings is 2. The van der Waals surface area contributed by atoms with Gasteiger partial charge < -0.3 is 0 Å². The minimum absolute atomic E-state index is 0.519. The highest BCUT2D eigenvalue weighted by molar-refractivity contribution is 7.97. The second-order valence-corrected chi connectivity index (χ2v) is 10.9. The maximum atomic E-state index is 2.52. The van der Waals surface area contributed by atoms with Crippen molar-refractivity contribution >= 4 is 21.7 Å². The molecule has 1 aliphatic heterocycles. The lowest BCUT2D eigenvalue weighted by molar-refractivity contribution is 0.324. The van der Waals surface area contributed by atoms with E-state index in [-0.39, 0.29) is 0 Å². The van der Waals surface area contributed by atoms with E-state index >= 15 is 0 Å². The molecule has 0 spiro atoms. The van der Waals surface area contributed by atoms with Crippen LogP contribution in [0.25, 0.3) is 10.8 Å². The molecule has 1 saturated heterocycles. The van der Waals surface area contributed by atoms with Crippen molar-refractivity contribution < 1.29 is 0 Å². The van der Waals surface area contributed by atoms with E-state index in [9.17, 15) is 0 Å². The highest BCUT2D eigenvalue weighted by atomic mass is 32.2. The van der Waals surface area contributed by atoms with Crippen LogP contribution in [-0.2, 0) is 10.9 Å². The molecular formula is C24H31S+. The van der Waals surface area contributed by atoms with E-state index in [4.69, 9.17) is 0 Å². The Morgan fingerprint density at radius 2 is 1.56 bits per heavy atom. The lowest BCUT2D eigenvalue weighted by Crippen LogP contribution is -2.07. The second kappa shape index (κ2) is 6.99. The molecule has 132 valence electrons. The number of hydrogen-bond donors (Lipinski definition) is 0. The Bertz CT molecular complexity index is 737. The standard InChI is InChI=1S/C24H31S/c1-2-8-18(9-3-1)16-19-17-23(19)21-12-13-24(25-14-6-7-15-25)22-11-5-4-10-20(21)22/h4-5,10-13,18-19,23H,1-3,6-9,14-17H2/q+1. The van der Waals surface area contributed by atoms with E-state index in [2.05, 4.69) is 36.4 Å². The van der Waals surface area contributed by atoms with Crippen LogP contribution in [0.4, 0.5) is 0 Å². The van der Waals surface area contributed by atoms with Crippen molar-refractivity contribution in [3.05, 3.63) is 42.0 Å². The van der Waals surface area contributed by atoms with E-state index < -0.39 is 0 Å². The van der Waals surface area contributed by atoms with E-state index in [1.807, 2.05) is 0 Å². The summed E-state index contributed by atoms with van der Waals surface area (Å²) < 4.78 is 0. The molecule has 0 nitrogen and oxygen atoms in total. The molecule has 25 heavy (non-hydrogen) atoms. The van der Waals surface area contributed by atoms with Gasteiger partial charge >= 0.3 is 0 Å². The molecule has 5 rings (SSSR count). The maximum absolute atomic E-state index is 2.52. The summed E-state index contributed by atoms with van der Waals surface area (Å²) in [5, 5.41) is 3.16. The van der Waals surface area contributed by atoms with Gasteiger partial charge in [-0.1, -0.05) is 56.4 Å². The van der Waals surface area contributed by atoms with Gasteiger partial charge in [0.2, 0.25) is 0 Å².